The average Bonchev–Trinajstić information content (AvgIpc) is 3.29. The second kappa shape index (κ2) is 16.9. The average molecular weight is 748 g/mol. The van der Waals surface area contributed by atoms with Crippen molar-refractivity contribution < 1.29 is 60.1 Å². The Morgan fingerprint density at radius 1 is 0.750 bits per heavy atom. The molecular formula is C35H45Cl2N2NaO6S2. The van der Waals surface area contributed by atoms with Crippen LogP contribution in [0.5, 0.6) is 0 Å². The molecule has 0 saturated heterocycles. The zero-order chi connectivity index (χ0) is 34.6. The minimum atomic E-state index is -4.19. The first-order valence-corrected chi connectivity index (χ1v) is 20.1. The van der Waals surface area contributed by atoms with Crippen LogP contribution < -0.4 is 34.5 Å². The summed E-state index contributed by atoms with van der Waals surface area (Å²) in [6.45, 7) is 10.2. The molecule has 0 aliphatic carbocycles. The van der Waals surface area contributed by atoms with Crippen molar-refractivity contribution in [1.29, 1.82) is 0 Å². The molecule has 2 aromatic rings. The number of benzene rings is 2. The second-order valence-corrected chi connectivity index (χ2v) is 17.4. The van der Waals surface area contributed by atoms with Crippen LogP contribution in [-0.2, 0) is 31.1 Å². The maximum absolute atomic E-state index is 11.0. The van der Waals surface area contributed by atoms with Crippen LogP contribution in [0.15, 0.2) is 60.3 Å². The SMILES string of the molecule is CC1(C)C(=CC=CC2=[N+](CCCCCCS(=O)(=O)[O-])c3ccc(Cl)cc3C2(C)C)N(CCCCCCS(=O)(=O)[O-])c2ccc(Cl)cc21.[Na+]. The second-order valence-electron chi connectivity index (χ2n) is 13.5. The summed E-state index contributed by atoms with van der Waals surface area (Å²) in [5, 5.41) is 1.36. The van der Waals surface area contributed by atoms with Crippen molar-refractivity contribution in [1.82, 2.24) is 0 Å². The van der Waals surface area contributed by atoms with Gasteiger partial charge in [-0.1, -0.05) is 62.4 Å². The summed E-state index contributed by atoms with van der Waals surface area (Å²) in [6, 6.07) is 12.0. The molecule has 0 fully saturated rings. The van der Waals surface area contributed by atoms with Crippen molar-refractivity contribution in [2.75, 3.05) is 29.5 Å². The number of hydrogen-bond donors (Lipinski definition) is 0. The van der Waals surface area contributed by atoms with Gasteiger partial charge in [0, 0.05) is 69.0 Å². The van der Waals surface area contributed by atoms with Gasteiger partial charge in [-0.2, -0.15) is 4.58 Å². The number of unbranched alkanes of at least 4 members (excludes halogenated alkanes) is 6. The number of hydrogen-bond acceptors (Lipinski definition) is 7. The zero-order valence-corrected chi connectivity index (χ0v) is 33.7. The molecule has 0 spiro atoms. The summed E-state index contributed by atoms with van der Waals surface area (Å²) in [6.07, 6.45) is 11.8. The summed E-state index contributed by atoms with van der Waals surface area (Å²) >= 11 is 12.9. The Kier molecular flexibility index (Phi) is 14.5. The molecule has 0 bridgehead atoms. The van der Waals surface area contributed by atoms with Crippen LogP contribution in [0.25, 0.3) is 0 Å². The minimum absolute atomic E-state index is 0. The molecule has 13 heteroatoms. The van der Waals surface area contributed by atoms with E-state index in [1.54, 1.807) is 0 Å². The molecule has 0 saturated carbocycles. The van der Waals surface area contributed by atoms with E-state index in [0.717, 1.165) is 72.7 Å². The van der Waals surface area contributed by atoms with Crippen molar-refractivity contribution >= 4 is 60.5 Å². The predicted octanol–water partition coefficient (Wildman–Crippen LogP) is 4.82. The number of nitrogens with zero attached hydrogens (tertiary/aromatic N) is 2. The predicted molar refractivity (Wildman–Crippen MR) is 189 cm³/mol. The smallest absolute Gasteiger partial charge is 0.748 e. The summed E-state index contributed by atoms with van der Waals surface area (Å²) in [4.78, 5) is 2.32. The largest absolute Gasteiger partial charge is 1.00 e. The van der Waals surface area contributed by atoms with Gasteiger partial charge in [0.25, 0.3) is 0 Å². The standard InChI is InChI=1S/C35H46Cl2N2O6S2.Na/c1-34(2)28-24-26(36)16-18-30(28)38(20-9-5-7-11-22-46(40,41)42)32(34)14-13-15-33-35(3,4)29-25-27(37)17-19-31(29)39(33)21-10-6-8-12-23-47(43,44)45;/h13-19,24-25H,5-12,20-23H2,1-4H3,(H-,40,41,42,43,44,45);/q;+1/p-1. The van der Waals surface area contributed by atoms with Gasteiger partial charge >= 0.3 is 29.6 Å². The van der Waals surface area contributed by atoms with Crippen molar-refractivity contribution in [3.63, 3.8) is 0 Å². The van der Waals surface area contributed by atoms with E-state index in [1.807, 2.05) is 24.3 Å². The van der Waals surface area contributed by atoms with Crippen molar-refractivity contribution in [2.24, 2.45) is 0 Å². The van der Waals surface area contributed by atoms with Crippen LogP contribution in [0.4, 0.5) is 11.4 Å². The zero-order valence-electron chi connectivity index (χ0n) is 28.6. The third-order valence-corrected chi connectivity index (χ3v) is 11.3. The Labute approximate surface area is 319 Å². The van der Waals surface area contributed by atoms with Crippen LogP contribution in [0.2, 0.25) is 10.0 Å². The van der Waals surface area contributed by atoms with Crippen molar-refractivity contribution in [3.8, 4) is 0 Å². The molecule has 2 aliphatic rings. The van der Waals surface area contributed by atoms with Gasteiger partial charge in [-0.15, -0.1) is 0 Å². The summed E-state index contributed by atoms with van der Waals surface area (Å²) in [7, 11) is -8.38. The fraction of sp³-hybridized carbons (Fsp3) is 0.514. The van der Waals surface area contributed by atoms with Gasteiger partial charge < -0.3 is 14.0 Å². The molecule has 0 aromatic heterocycles. The first-order valence-electron chi connectivity index (χ1n) is 16.2. The molecule has 2 heterocycles. The quantitative estimate of drug-likeness (QED) is 0.105. The summed E-state index contributed by atoms with van der Waals surface area (Å²) in [5.74, 6) is -0.649. The monoisotopic (exact) mass is 746 g/mol. The maximum atomic E-state index is 11.0. The van der Waals surface area contributed by atoms with Crippen molar-refractivity contribution in [2.45, 2.75) is 89.9 Å². The Hall–Kier alpha value is -1.21. The van der Waals surface area contributed by atoms with Crippen molar-refractivity contribution in [3.05, 3.63) is 81.5 Å². The fourth-order valence-corrected chi connectivity index (χ4v) is 8.27. The molecule has 48 heavy (non-hydrogen) atoms. The van der Waals surface area contributed by atoms with Gasteiger partial charge in [0.05, 0.1) is 25.7 Å². The summed E-state index contributed by atoms with van der Waals surface area (Å²) in [5.41, 5.74) is 6.12. The maximum Gasteiger partial charge on any atom is 1.00 e. The molecule has 0 N–H and O–H groups in total. The Morgan fingerprint density at radius 3 is 1.90 bits per heavy atom. The van der Waals surface area contributed by atoms with E-state index in [0.29, 0.717) is 35.7 Å². The van der Waals surface area contributed by atoms with Gasteiger partial charge in [-0.25, -0.2) is 16.8 Å². The molecule has 0 unspecified atom stereocenters. The molecule has 0 radical (unpaired) electrons. The summed E-state index contributed by atoms with van der Waals surface area (Å²) < 4.78 is 68.2. The van der Waals surface area contributed by atoms with E-state index < -0.39 is 20.2 Å². The van der Waals surface area contributed by atoms with Gasteiger partial charge in [0.2, 0.25) is 5.69 Å². The number of allylic oxidation sites excluding steroid dienone is 4. The third-order valence-electron chi connectivity index (χ3n) is 9.27. The topological polar surface area (TPSA) is 121 Å². The first-order chi connectivity index (χ1) is 21.9. The van der Waals surface area contributed by atoms with E-state index in [-0.39, 0.29) is 51.9 Å². The Bertz CT molecular complexity index is 1790. The molecule has 0 atom stereocenters. The van der Waals surface area contributed by atoms with Crippen LogP contribution >= 0.6 is 23.2 Å². The van der Waals surface area contributed by atoms with Gasteiger partial charge in [0.15, 0.2) is 5.71 Å². The molecule has 8 nitrogen and oxygen atoms in total. The van der Waals surface area contributed by atoms with Crippen LogP contribution in [-0.4, -0.2) is 60.8 Å². The fourth-order valence-electron chi connectivity index (χ4n) is 6.81. The number of rotatable bonds is 16. The number of halogens is 2. The van der Waals surface area contributed by atoms with Gasteiger partial charge in [-0.3, -0.25) is 0 Å². The van der Waals surface area contributed by atoms with Gasteiger partial charge in [0.1, 0.15) is 6.54 Å². The Balaban J connectivity index is 0.00000625. The molecule has 0 amide bonds. The van der Waals surface area contributed by atoms with E-state index in [9.17, 15) is 25.9 Å². The molecule has 4 rings (SSSR count). The Morgan fingerprint density at radius 2 is 1.29 bits per heavy atom. The molecule has 2 aromatic carbocycles. The molecule has 258 valence electrons. The van der Waals surface area contributed by atoms with Crippen LogP contribution in [0, 0.1) is 0 Å². The van der Waals surface area contributed by atoms with Crippen LogP contribution in [0.1, 0.15) is 90.2 Å². The van der Waals surface area contributed by atoms with Crippen LogP contribution in [0.3, 0.4) is 0 Å². The van der Waals surface area contributed by atoms with Gasteiger partial charge in [-0.05, 0) is 81.5 Å². The first kappa shape index (κ1) is 41.2. The third kappa shape index (κ3) is 10.4. The van der Waals surface area contributed by atoms with E-state index in [2.05, 4.69) is 67.5 Å². The molecule has 2 aliphatic heterocycles. The van der Waals surface area contributed by atoms with E-state index in [4.69, 9.17) is 23.2 Å². The number of anilines is 1. The normalized spacial score (nSPS) is 17.7. The minimum Gasteiger partial charge on any atom is -0.748 e. The number of fused-ring (bicyclic) bond motifs is 2. The van der Waals surface area contributed by atoms with E-state index in [1.165, 1.54) is 0 Å². The van der Waals surface area contributed by atoms with E-state index >= 15 is 0 Å². The molecular weight excluding hydrogens is 702 g/mol.